The third-order valence-corrected chi connectivity index (χ3v) is 5.65. The van der Waals surface area contributed by atoms with E-state index in [1.54, 1.807) is 0 Å². The highest BCUT2D eigenvalue weighted by Crippen LogP contribution is 2.24. The molecule has 1 atom stereocenters. The Morgan fingerprint density at radius 3 is 2.43 bits per heavy atom. The van der Waals surface area contributed by atoms with E-state index >= 15 is 0 Å². The van der Waals surface area contributed by atoms with Gasteiger partial charge in [0.1, 0.15) is 0 Å². The van der Waals surface area contributed by atoms with Crippen molar-refractivity contribution in [3.8, 4) is 0 Å². The lowest BCUT2D eigenvalue weighted by atomic mass is 9.96. The summed E-state index contributed by atoms with van der Waals surface area (Å²) >= 11 is 5.94. The first-order valence-electron chi connectivity index (χ1n) is 8.88. The summed E-state index contributed by atoms with van der Waals surface area (Å²) in [6.07, 6.45) is 5.42. The summed E-state index contributed by atoms with van der Waals surface area (Å²) in [6, 6.07) is 8.42. The Bertz CT molecular complexity index is 523. The normalized spacial score (nSPS) is 24.7. The van der Waals surface area contributed by atoms with Crippen LogP contribution in [0.2, 0.25) is 5.02 Å². The van der Waals surface area contributed by atoms with E-state index in [1.165, 1.54) is 25.9 Å². The first-order valence-corrected chi connectivity index (χ1v) is 9.26. The van der Waals surface area contributed by atoms with E-state index in [0.717, 1.165) is 35.9 Å². The van der Waals surface area contributed by atoms with Crippen LogP contribution < -0.4 is 0 Å². The molecule has 1 unspecified atom stereocenters. The number of hydrogen-bond acceptors (Lipinski definition) is 2. The zero-order chi connectivity index (χ0) is 16.2. The Balaban J connectivity index is 1.57. The summed E-state index contributed by atoms with van der Waals surface area (Å²) in [5, 5.41) is 0.746. The quantitative estimate of drug-likeness (QED) is 0.835. The number of carbonyl (C=O) groups excluding carboxylic acids is 1. The number of hydrogen-bond donors (Lipinski definition) is 0. The summed E-state index contributed by atoms with van der Waals surface area (Å²) in [5.41, 5.74) is 1.16. The summed E-state index contributed by atoms with van der Waals surface area (Å²) in [6.45, 7) is 6.34. The van der Waals surface area contributed by atoms with Gasteiger partial charge in [-0.25, -0.2) is 0 Å². The predicted octanol–water partition coefficient (Wildman–Crippen LogP) is 3.95. The third kappa shape index (κ3) is 4.48. The first-order chi connectivity index (χ1) is 11.1. The highest BCUT2D eigenvalue weighted by Gasteiger charge is 2.28. The van der Waals surface area contributed by atoms with Crippen LogP contribution in [0.3, 0.4) is 0 Å². The fraction of sp³-hybridized carbons (Fsp3) is 0.632. The Hall–Kier alpha value is -1.06. The second-order valence-corrected chi connectivity index (χ2v) is 7.58. The lowest BCUT2D eigenvalue weighted by molar-refractivity contribution is -0.131. The monoisotopic (exact) mass is 334 g/mol. The molecule has 2 aliphatic rings. The van der Waals surface area contributed by atoms with E-state index in [0.29, 0.717) is 24.9 Å². The molecule has 126 valence electrons. The van der Waals surface area contributed by atoms with Crippen molar-refractivity contribution in [2.75, 3.05) is 19.6 Å². The number of carbonyl (C=O) groups is 1. The topological polar surface area (TPSA) is 23.6 Å². The second-order valence-electron chi connectivity index (χ2n) is 7.14. The van der Waals surface area contributed by atoms with Crippen molar-refractivity contribution in [3.63, 3.8) is 0 Å². The van der Waals surface area contributed by atoms with Crippen molar-refractivity contribution < 1.29 is 4.79 Å². The SMILES string of the molecule is CC1CCN(C2CCC(=O)N(Cc3ccc(Cl)cc3)CC2)CC1. The van der Waals surface area contributed by atoms with E-state index in [-0.39, 0.29) is 0 Å². The summed E-state index contributed by atoms with van der Waals surface area (Å²) < 4.78 is 0. The van der Waals surface area contributed by atoms with E-state index in [1.807, 2.05) is 29.2 Å². The molecule has 3 nitrogen and oxygen atoms in total. The average molecular weight is 335 g/mol. The van der Waals surface area contributed by atoms with Crippen molar-refractivity contribution in [3.05, 3.63) is 34.9 Å². The van der Waals surface area contributed by atoms with E-state index in [4.69, 9.17) is 11.6 Å². The summed E-state index contributed by atoms with van der Waals surface area (Å²) in [7, 11) is 0. The van der Waals surface area contributed by atoms with Crippen LogP contribution in [-0.2, 0) is 11.3 Å². The number of amides is 1. The fourth-order valence-corrected chi connectivity index (χ4v) is 3.88. The molecule has 0 radical (unpaired) electrons. The summed E-state index contributed by atoms with van der Waals surface area (Å²) in [5.74, 6) is 1.16. The van der Waals surface area contributed by atoms with Gasteiger partial charge in [0.2, 0.25) is 5.91 Å². The Morgan fingerprint density at radius 2 is 1.74 bits per heavy atom. The molecule has 0 saturated carbocycles. The Kier molecular flexibility index (Phi) is 5.60. The lowest BCUT2D eigenvalue weighted by Gasteiger charge is -2.36. The molecule has 0 aromatic heterocycles. The highest BCUT2D eigenvalue weighted by atomic mass is 35.5. The number of likely N-dealkylation sites (tertiary alicyclic amines) is 2. The molecule has 2 aliphatic heterocycles. The molecule has 0 spiro atoms. The molecule has 0 bridgehead atoms. The van der Waals surface area contributed by atoms with Gasteiger partial charge in [-0.05, 0) is 62.4 Å². The highest BCUT2D eigenvalue weighted by molar-refractivity contribution is 6.30. The molecule has 3 rings (SSSR count). The van der Waals surface area contributed by atoms with Gasteiger partial charge >= 0.3 is 0 Å². The van der Waals surface area contributed by atoms with Crippen molar-refractivity contribution in [2.24, 2.45) is 5.92 Å². The standard InChI is InChI=1S/C19H27ClN2O/c1-15-8-11-21(12-9-15)18-6-7-19(23)22(13-10-18)14-16-2-4-17(20)5-3-16/h2-5,15,18H,6-14H2,1H3. The van der Waals surface area contributed by atoms with E-state index in [2.05, 4.69) is 11.8 Å². The van der Waals surface area contributed by atoms with Gasteiger partial charge in [-0.15, -0.1) is 0 Å². The first kappa shape index (κ1) is 16.8. The second kappa shape index (κ2) is 7.67. The molecule has 1 aromatic rings. The molecule has 2 heterocycles. The van der Waals surface area contributed by atoms with Crippen LogP contribution in [0.15, 0.2) is 24.3 Å². The minimum absolute atomic E-state index is 0.299. The number of nitrogens with zero attached hydrogens (tertiary/aromatic N) is 2. The van der Waals surface area contributed by atoms with Crippen molar-refractivity contribution in [1.29, 1.82) is 0 Å². The van der Waals surface area contributed by atoms with Crippen LogP contribution in [0, 0.1) is 5.92 Å². The molecule has 0 N–H and O–H groups in total. The van der Waals surface area contributed by atoms with Crippen LogP contribution in [0.25, 0.3) is 0 Å². The molecular formula is C19H27ClN2O. The Morgan fingerprint density at radius 1 is 1.04 bits per heavy atom. The largest absolute Gasteiger partial charge is 0.338 e. The predicted molar refractivity (Wildman–Crippen MR) is 94.5 cm³/mol. The minimum atomic E-state index is 0.299. The lowest BCUT2D eigenvalue weighted by Crippen LogP contribution is -2.41. The van der Waals surface area contributed by atoms with Crippen LogP contribution >= 0.6 is 11.6 Å². The van der Waals surface area contributed by atoms with Crippen molar-refractivity contribution >= 4 is 17.5 Å². The molecule has 4 heteroatoms. The van der Waals surface area contributed by atoms with Crippen LogP contribution in [0.5, 0.6) is 0 Å². The number of benzene rings is 1. The zero-order valence-electron chi connectivity index (χ0n) is 14.0. The number of piperidine rings is 1. The summed E-state index contributed by atoms with van der Waals surface area (Å²) in [4.78, 5) is 17.1. The van der Waals surface area contributed by atoms with Crippen LogP contribution in [0.1, 0.15) is 44.6 Å². The molecule has 23 heavy (non-hydrogen) atoms. The fourth-order valence-electron chi connectivity index (χ4n) is 3.76. The van der Waals surface area contributed by atoms with E-state index < -0.39 is 0 Å². The molecule has 2 fully saturated rings. The van der Waals surface area contributed by atoms with Gasteiger partial charge in [0, 0.05) is 30.6 Å². The molecule has 1 amide bonds. The smallest absolute Gasteiger partial charge is 0.222 e. The van der Waals surface area contributed by atoms with Gasteiger partial charge in [-0.3, -0.25) is 4.79 Å². The van der Waals surface area contributed by atoms with Gasteiger partial charge in [0.15, 0.2) is 0 Å². The van der Waals surface area contributed by atoms with Gasteiger partial charge in [-0.2, -0.15) is 0 Å². The number of rotatable bonds is 3. The molecular weight excluding hydrogens is 308 g/mol. The van der Waals surface area contributed by atoms with Gasteiger partial charge in [-0.1, -0.05) is 30.7 Å². The maximum absolute atomic E-state index is 12.4. The van der Waals surface area contributed by atoms with Crippen molar-refractivity contribution in [2.45, 2.75) is 51.6 Å². The van der Waals surface area contributed by atoms with Crippen LogP contribution in [-0.4, -0.2) is 41.4 Å². The Labute approximate surface area is 144 Å². The molecule has 2 saturated heterocycles. The van der Waals surface area contributed by atoms with Gasteiger partial charge in [0.05, 0.1) is 0 Å². The zero-order valence-corrected chi connectivity index (χ0v) is 14.8. The van der Waals surface area contributed by atoms with Gasteiger partial charge < -0.3 is 9.80 Å². The maximum Gasteiger partial charge on any atom is 0.222 e. The third-order valence-electron chi connectivity index (χ3n) is 5.40. The van der Waals surface area contributed by atoms with E-state index in [9.17, 15) is 4.79 Å². The maximum atomic E-state index is 12.4. The molecule has 0 aliphatic carbocycles. The molecule has 1 aromatic carbocycles. The van der Waals surface area contributed by atoms with Crippen molar-refractivity contribution in [1.82, 2.24) is 9.80 Å². The number of halogens is 1. The van der Waals surface area contributed by atoms with Gasteiger partial charge in [0.25, 0.3) is 0 Å². The van der Waals surface area contributed by atoms with Crippen LogP contribution in [0.4, 0.5) is 0 Å². The minimum Gasteiger partial charge on any atom is -0.338 e. The average Bonchev–Trinajstić information content (AvgIpc) is 2.73.